The summed E-state index contributed by atoms with van der Waals surface area (Å²) in [6, 6.07) is 14.9. The summed E-state index contributed by atoms with van der Waals surface area (Å²) >= 11 is 0. The predicted molar refractivity (Wildman–Crippen MR) is 137 cm³/mol. The van der Waals surface area contributed by atoms with Crippen LogP contribution in [0.25, 0.3) is 11.3 Å². The highest BCUT2D eigenvalue weighted by Crippen LogP contribution is 2.23. The summed E-state index contributed by atoms with van der Waals surface area (Å²) in [5.74, 6) is 1.49. The zero-order valence-corrected chi connectivity index (χ0v) is 21.1. The first kappa shape index (κ1) is 25.2. The number of amides is 2. The van der Waals surface area contributed by atoms with Gasteiger partial charge in [0.25, 0.3) is 5.91 Å². The number of nitrogens with zero attached hydrogens (tertiary/aromatic N) is 5. The third kappa shape index (κ3) is 5.84. The Morgan fingerprint density at radius 2 is 1.94 bits per heavy atom. The van der Waals surface area contributed by atoms with Crippen molar-refractivity contribution < 1.29 is 18.7 Å². The first-order valence-corrected chi connectivity index (χ1v) is 12.4. The minimum atomic E-state index is -0.259. The van der Waals surface area contributed by atoms with Gasteiger partial charge in [-0.1, -0.05) is 19.1 Å². The van der Waals surface area contributed by atoms with Crippen molar-refractivity contribution in [3.63, 3.8) is 0 Å². The Kier molecular flexibility index (Phi) is 8.20. The molecule has 36 heavy (non-hydrogen) atoms. The van der Waals surface area contributed by atoms with E-state index in [1.807, 2.05) is 55.1 Å². The number of furan rings is 1. The Labute approximate surface area is 211 Å². The Morgan fingerprint density at radius 3 is 2.64 bits per heavy atom. The molecule has 0 radical (unpaired) electrons. The monoisotopic (exact) mass is 491 g/mol. The number of aromatic nitrogens is 2. The molecular formula is C27H33N5O4. The number of carbonyl (C=O) groups is 2. The Hall–Kier alpha value is -3.88. The van der Waals surface area contributed by atoms with E-state index in [1.165, 1.54) is 6.26 Å². The maximum atomic E-state index is 13.2. The average molecular weight is 492 g/mol. The SMILES string of the molecule is CC[C@@H](C)N(CC(=O)N1CCCN(c2ccc(-c3cccc(OC)c3)nn2)CC1)C(=O)c1ccco1. The van der Waals surface area contributed by atoms with Crippen molar-refractivity contribution >= 4 is 17.6 Å². The maximum Gasteiger partial charge on any atom is 0.290 e. The van der Waals surface area contributed by atoms with Crippen molar-refractivity contribution in [2.45, 2.75) is 32.7 Å². The molecule has 1 atom stereocenters. The van der Waals surface area contributed by atoms with E-state index in [0.29, 0.717) is 19.6 Å². The third-order valence-electron chi connectivity index (χ3n) is 6.61. The number of hydrogen-bond donors (Lipinski definition) is 0. The first-order chi connectivity index (χ1) is 17.5. The normalized spacial score (nSPS) is 14.8. The van der Waals surface area contributed by atoms with Crippen LogP contribution in [0, 0.1) is 0 Å². The standard InChI is InChI=1S/C27H33N5O4/c1-4-20(2)32(27(34)24-10-6-17-36-24)19-26(33)31-14-7-13-30(15-16-31)25-12-11-23(28-29-25)21-8-5-9-22(18-21)35-3/h5-6,8-12,17-18,20H,4,7,13-16,19H2,1-3H3/t20-/m1/s1. The molecule has 3 heterocycles. The lowest BCUT2D eigenvalue weighted by Gasteiger charge is -2.30. The molecule has 1 aliphatic rings. The summed E-state index contributed by atoms with van der Waals surface area (Å²) in [6.45, 7) is 6.60. The van der Waals surface area contributed by atoms with Crippen molar-refractivity contribution in [1.82, 2.24) is 20.0 Å². The van der Waals surface area contributed by atoms with Gasteiger partial charge in [-0.15, -0.1) is 10.2 Å². The number of carbonyl (C=O) groups excluding carboxylic acids is 2. The molecule has 2 aromatic heterocycles. The molecule has 3 aromatic rings. The molecular weight excluding hydrogens is 458 g/mol. The number of hydrogen-bond acceptors (Lipinski definition) is 7. The van der Waals surface area contributed by atoms with Crippen LogP contribution in [-0.2, 0) is 4.79 Å². The number of ether oxygens (including phenoxy) is 1. The van der Waals surface area contributed by atoms with E-state index in [4.69, 9.17) is 9.15 Å². The summed E-state index contributed by atoms with van der Waals surface area (Å²) in [4.78, 5) is 31.7. The first-order valence-electron chi connectivity index (χ1n) is 12.4. The number of anilines is 1. The predicted octanol–water partition coefficient (Wildman–Crippen LogP) is 3.72. The molecule has 9 nitrogen and oxygen atoms in total. The molecule has 0 aliphatic carbocycles. The Balaban J connectivity index is 1.38. The van der Waals surface area contributed by atoms with Crippen molar-refractivity contribution in [3.8, 4) is 17.0 Å². The van der Waals surface area contributed by atoms with Crippen LogP contribution < -0.4 is 9.64 Å². The van der Waals surface area contributed by atoms with Crippen molar-refractivity contribution in [1.29, 1.82) is 0 Å². The minimum Gasteiger partial charge on any atom is -0.497 e. The van der Waals surface area contributed by atoms with E-state index >= 15 is 0 Å². The quantitative estimate of drug-likeness (QED) is 0.474. The van der Waals surface area contributed by atoms with Crippen molar-refractivity contribution in [2.24, 2.45) is 0 Å². The van der Waals surface area contributed by atoms with Gasteiger partial charge in [-0.25, -0.2) is 0 Å². The van der Waals surface area contributed by atoms with Crippen LogP contribution in [0.15, 0.2) is 59.2 Å². The Morgan fingerprint density at radius 1 is 1.08 bits per heavy atom. The van der Waals surface area contributed by atoms with Gasteiger partial charge in [-0.2, -0.15) is 0 Å². The van der Waals surface area contributed by atoms with Gasteiger partial charge in [-0.05, 0) is 56.2 Å². The maximum absolute atomic E-state index is 13.2. The highest BCUT2D eigenvalue weighted by atomic mass is 16.5. The highest BCUT2D eigenvalue weighted by Gasteiger charge is 2.28. The van der Waals surface area contributed by atoms with E-state index < -0.39 is 0 Å². The lowest BCUT2D eigenvalue weighted by Crippen LogP contribution is -2.47. The van der Waals surface area contributed by atoms with Gasteiger partial charge in [0.2, 0.25) is 5.91 Å². The summed E-state index contributed by atoms with van der Waals surface area (Å²) in [5, 5.41) is 8.86. The molecule has 0 unspecified atom stereocenters. The number of methoxy groups -OCH3 is 1. The fraction of sp³-hybridized carbons (Fsp3) is 0.407. The number of rotatable bonds is 8. The summed E-state index contributed by atoms with van der Waals surface area (Å²) in [6.07, 6.45) is 3.03. The second-order valence-corrected chi connectivity index (χ2v) is 8.90. The summed E-state index contributed by atoms with van der Waals surface area (Å²) in [7, 11) is 1.64. The second-order valence-electron chi connectivity index (χ2n) is 8.90. The zero-order chi connectivity index (χ0) is 25.5. The van der Waals surface area contributed by atoms with Gasteiger partial charge in [0.1, 0.15) is 12.3 Å². The summed E-state index contributed by atoms with van der Waals surface area (Å²) < 4.78 is 10.6. The van der Waals surface area contributed by atoms with E-state index in [9.17, 15) is 9.59 Å². The molecule has 0 saturated carbocycles. The van der Waals surface area contributed by atoms with E-state index in [0.717, 1.165) is 42.2 Å². The smallest absolute Gasteiger partial charge is 0.290 e. The second kappa shape index (κ2) is 11.7. The highest BCUT2D eigenvalue weighted by molar-refractivity contribution is 5.94. The third-order valence-corrected chi connectivity index (χ3v) is 6.61. The molecule has 0 spiro atoms. The van der Waals surface area contributed by atoms with Gasteiger partial charge in [-0.3, -0.25) is 9.59 Å². The van der Waals surface area contributed by atoms with Crippen molar-refractivity contribution in [3.05, 3.63) is 60.6 Å². The van der Waals surface area contributed by atoms with Gasteiger partial charge in [0.15, 0.2) is 11.6 Å². The molecule has 1 fully saturated rings. The molecule has 1 aromatic carbocycles. The molecule has 0 N–H and O–H groups in total. The van der Waals surface area contributed by atoms with E-state index in [-0.39, 0.29) is 30.2 Å². The Bertz CT molecular complexity index is 1150. The van der Waals surface area contributed by atoms with Gasteiger partial charge in [0.05, 0.1) is 19.1 Å². The molecule has 1 aliphatic heterocycles. The average Bonchev–Trinajstić information content (AvgIpc) is 3.35. The van der Waals surface area contributed by atoms with Crippen LogP contribution in [0.4, 0.5) is 5.82 Å². The largest absolute Gasteiger partial charge is 0.497 e. The summed E-state index contributed by atoms with van der Waals surface area (Å²) in [5.41, 5.74) is 1.71. The lowest BCUT2D eigenvalue weighted by molar-refractivity contribution is -0.132. The number of benzene rings is 1. The fourth-order valence-electron chi connectivity index (χ4n) is 4.26. The van der Waals surface area contributed by atoms with E-state index in [2.05, 4.69) is 15.1 Å². The molecule has 0 bridgehead atoms. The van der Waals surface area contributed by atoms with Crippen LogP contribution >= 0.6 is 0 Å². The molecule has 9 heteroatoms. The lowest BCUT2D eigenvalue weighted by atomic mass is 10.1. The fourth-order valence-corrected chi connectivity index (χ4v) is 4.26. The molecule has 1 saturated heterocycles. The molecule has 2 amide bonds. The van der Waals surface area contributed by atoms with Crippen LogP contribution in [0.2, 0.25) is 0 Å². The van der Waals surface area contributed by atoms with Crippen LogP contribution in [0.1, 0.15) is 37.2 Å². The van der Waals surface area contributed by atoms with Crippen LogP contribution in [0.5, 0.6) is 5.75 Å². The van der Waals surface area contributed by atoms with Gasteiger partial charge in [0, 0.05) is 37.8 Å². The van der Waals surface area contributed by atoms with Crippen LogP contribution in [-0.4, -0.2) is 77.7 Å². The zero-order valence-electron chi connectivity index (χ0n) is 21.1. The topological polar surface area (TPSA) is 92.0 Å². The van der Waals surface area contributed by atoms with Crippen LogP contribution in [0.3, 0.4) is 0 Å². The molecule has 190 valence electrons. The minimum absolute atomic E-state index is 0.0313. The molecule has 4 rings (SSSR count). The van der Waals surface area contributed by atoms with Gasteiger partial charge < -0.3 is 23.9 Å². The van der Waals surface area contributed by atoms with Crippen molar-refractivity contribution in [2.75, 3.05) is 44.7 Å². The van der Waals surface area contributed by atoms with E-state index in [1.54, 1.807) is 24.1 Å². The van der Waals surface area contributed by atoms with Gasteiger partial charge >= 0.3 is 0 Å².